The number of ether oxygens (including phenoxy) is 1. The summed E-state index contributed by atoms with van der Waals surface area (Å²) in [5.74, 6) is -0.462. The number of nitrogens with two attached hydrogens (primary N) is 1. The van der Waals surface area contributed by atoms with Crippen LogP contribution in [0.4, 0.5) is 0 Å². The van der Waals surface area contributed by atoms with Crippen LogP contribution in [0.5, 0.6) is 0 Å². The molecule has 0 atom stereocenters. The second-order valence-corrected chi connectivity index (χ2v) is 4.27. The van der Waals surface area contributed by atoms with Crippen LogP contribution in [0.25, 0.3) is 0 Å². The van der Waals surface area contributed by atoms with Gasteiger partial charge in [0, 0.05) is 24.3 Å². The van der Waals surface area contributed by atoms with Crippen LogP contribution in [0.15, 0.2) is 54.1 Å². The summed E-state index contributed by atoms with van der Waals surface area (Å²) in [5, 5.41) is 11.6. The fraction of sp³-hybridized carbons (Fsp3) is 0.143. The van der Waals surface area contributed by atoms with E-state index in [9.17, 15) is 4.79 Å². The summed E-state index contributed by atoms with van der Waals surface area (Å²) in [4.78, 5) is 11.0. The molecule has 108 valence electrons. The van der Waals surface area contributed by atoms with E-state index in [0.29, 0.717) is 24.7 Å². The van der Waals surface area contributed by atoms with Crippen molar-refractivity contribution in [2.24, 2.45) is 10.9 Å². The Morgan fingerprint density at radius 3 is 2.67 bits per heavy atom. The van der Waals surface area contributed by atoms with Gasteiger partial charge in [-0.1, -0.05) is 5.16 Å². The molecule has 0 aromatic carbocycles. The van der Waals surface area contributed by atoms with Crippen molar-refractivity contribution in [2.45, 2.75) is 13.5 Å². The zero-order valence-corrected chi connectivity index (χ0v) is 11.3. The Morgan fingerprint density at radius 2 is 2.00 bits per heavy atom. The average Bonchev–Trinajstić information content (AvgIpc) is 2.50. The molecule has 0 aliphatic rings. The van der Waals surface area contributed by atoms with Gasteiger partial charge in [0.2, 0.25) is 11.6 Å². The topological polar surface area (TPSA) is 92.7 Å². The van der Waals surface area contributed by atoms with E-state index >= 15 is 0 Å². The highest BCUT2D eigenvalue weighted by Gasteiger charge is 2.09. The standard InChI is InChI=1S/C14H14N4O3/c15-14(19)12-4-7-17(8-5-12)10-21-11-18-6-2-1-3-13(18)9-16-20/h1-9H,10-11H2,(H-,15,19)/p+2/i9+2. The predicted octanol–water partition coefficient (Wildman–Crippen LogP) is -0.200. The maximum absolute atomic E-state index is 11.0. The number of oxime groups is 1. The molecule has 0 saturated carbocycles. The van der Waals surface area contributed by atoms with Crippen LogP contribution < -0.4 is 14.9 Å². The minimum Gasteiger partial charge on any atom is -0.411 e. The molecule has 0 spiro atoms. The highest BCUT2D eigenvalue weighted by atomic mass is 16.5. The summed E-state index contributed by atoms with van der Waals surface area (Å²) in [6.45, 7) is 0.614. The van der Waals surface area contributed by atoms with Crippen LogP contribution in [0.3, 0.4) is 0 Å². The van der Waals surface area contributed by atoms with E-state index < -0.39 is 5.91 Å². The van der Waals surface area contributed by atoms with E-state index in [1.807, 2.05) is 18.3 Å². The molecule has 2 aromatic rings. The maximum Gasteiger partial charge on any atom is 0.258 e. The Morgan fingerprint density at radius 1 is 1.24 bits per heavy atom. The largest absolute Gasteiger partial charge is 0.411 e. The summed E-state index contributed by atoms with van der Waals surface area (Å²) in [7, 11) is 0. The number of amides is 1. The van der Waals surface area contributed by atoms with Crippen LogP contribution in [-0.2, 0) is 18.2 Å². The molecular formula is C14H16N4O3+2. The maximum atomic E-state index is 11.0. The Hall–Kier alpha value is -2.80. The number of hydrogen-bond acceptors (Lipinski definition) is 4. The molecular weight excluding hydrogens is 274 g/mol. The van der Waals surface area contributed by atoms with Crippen molar-refractivity contribution < 1.29 is 23.9 Å². The van der Waals surface area contributed by atoms with Gasteiger partial charge >= 0.3 is 0 Å². The van der Waals surface area contributed by atoms with Crippen molar-refractivity contribution in [1.82, 2.24) is 0 Å². The van der Waals surface area contributed by atoms with Crippen molar-refractivity contribution in [3.8, 4) is 0 Å². The van der Waals surface area contributed by atoms with Crippen molar-refractivity contribution in [2.75, 3.05) is 0 Å². The molecule has 0 unspecified atom stereocenters. The summed E-state index contributed by atoms with van der Waals surface area (Å²) in [6, 6.07) is 8.76. The first-order chi connectivity index (χ1) is 10.2. The lowest BCUT2D eigenvalue weighted by atomic mass is 10.2. The van der Waals surface area contributed by atoms with Crippen LogP contribution in [0.1, 0.15) is 16.1 Å². The molecule has 3 N–H and O–H groups in total. The number of pyridine rings is 2. The Balaban J connectivity index is 1.94. The van der Waals surface area contributed by atoms with E-state index in [-0.39, 0.29) is 0 Å². The van der Waals surface area contributed by atoms with Gasteiger partial charge in [-0.2, -0.15) is 9.13 Å². The number of rotatable bonds is 6. The van der Waals surface area contributed by atoms with Crippen molar-refractivity contribution in [1.29, 1.82) is 0 Å². The number of nitrogens with zero attached hydrogens (tertiary/aromatic N) is 3. The first-order valence-corrected chi connectivity index (χ1v) is 6.23. The molecule has 0 radical (unpaired) electrons. The summed E-state index contributed by atoms with van der Waals surface area (Å²) in [5.41, 5.74) is 6.34. The van der Waals surface area contributed by atoms with Crippen LogP contribution in [0, 0.1) is 0 Å². The van der Waals surface area contributed by atoms with E-state index in [1.54, 1.807) is 39.7 Å². The highest BCUT2D eigenvalue weighted by Crippen LogP contribution is 1.93. The Kier molecular flexibility index (Phi) is 4.94. The summed E-state index contributed by atoms with van der Waals surface area (Å²) >= 11 is 0. The van der Waals surface area contributed by atoms with Gasteiger partial charge in [-0.05, 0) is 6.07 Å². The number of carbonyl (C=O) groups is 1. The normalized spacial score (nSPS) is 10.9. The SMILES string of the molecule is NC(=O)c1cc[n+](COC[n+]2ccccc2/[14CH]=N\O)cc1. The fourth-order valence-corrected chi connectivity index (χ4v) is 1.74. The summed E-state index contributed by atoms with van der Waals surface area (Å²) in [6.07, 6.45) is 6.58. The minimum absolute atomic E-state index is 0.298. The lowest BCUT2D eigenvalue weighted by Crippen LogP contribution is -2.42. The second kappa shape index (κ2) is 7.11. The highest BCUT2D eigenvalue weighted by molar-refractivity contribution is 5.92. The molecule has 0 bridgehead atoms. The van der Waals surface area contributed by atoms with Gasteiger partial charge in [0.05, 0.1) is 5.56 Å². The third-order valence-electron chi connectivity index (χ3n) is 2.81. The third kappa shape index (κ3) is 4.08. The van der Waals surface area contributed by atoms with E-state index in [2.05, 4.69) is 5.16 Å². The minimum atomic E-state index is -0.462. The lowest BCUT2D eigenvalue weighted by molar-refractivity contribution is -0.788. The molecule has 7 heteroatoms. The van der Waals surface area contributed by atoms with Gasteiger partial charge in [-0.25, -0.2) is 0 Å². The van der Waals surface area contributed by atoms with E-state index in [4.69, 9.17) is 15.7 Å². The molecule has 0 saturated heterocycles. The van der Waals surface area contributed by atoms with Crippen molar-refractivity contribution in [3.05, 3.63) is 60.2 Å². The molecule has 2 rings (SSSR count). The molecule has 0 aliphatic carbocycles. The van der Waals surface area contributed by atoms with Gasteiger partial charge in [0.15, 0.2) is 18.6 Å². The molecule has 0 fully saturated rings. The van der Waals surface area contributed by atoms with Gasteiger partial charge in [-0.15, -0.1) is 0 Å². The van der Waals surface area contributed by atoms with Crippen molar-refractivity contribution >= 4 is 12.1 Å². The molecule has 21 heavy (non-hydrogen) atoms. The van der Waals surface area contributed by atoms with Crippen LogP contribution >= 0.6 is 0 Å². The van der Waals surface area contributed by atoms with Gasteiger partial charge in [0.25, 0.3) is 13.5 Å². The number of carbonyl (C=O) groups excluding carboxylic acids is 1. The zero-order chi connectivity index (χ0) is 15.1. The zero-order valence-electron chi connectivity index (χ0n) is 11.3. The lowest BCUT2D eigenvalue weighted by Gasteiger charge is -2.00. The fourth-order valence-electron chi connectivity index (χ4n) is 1.74. The average molecular weight is 290 g/mol. The second-order valence-electron chi connectivity index (χ2n) is 4.27. The molecule has 2 aromatic heterocycles. The van der Waals surface area contributed by atoms with Crippen LogP contribution in [0.2, 0.25) is 0 Å². The van der Waals surface area contributed by atoms with Gasteiger partial charge < -0.3 is 10.9 Å². The first kappa shape index (κ1) is 14.6. The summed E-state index contributed by atoms with van der Waals surface area (Å²) < 4.78 is 9.12. The van der Waals surface area contributed by atoms with E-state index in [1.165, 1.54) is 6.21 Å². The van der Waals surface area contributed by atoms with Crippen LogP contribution in [-0.4, -0.2) is 17.3 Å². The Labute approximate surface area is 121 Å². The van der Waals surface area contributed by atoms with Crippen molar-refractivity contribution in [3.63, 3.8) is 0 Å². The first-order valence-electron chi connectivity index (χ1n) is 6.23. The molecule has 2 heterocycles. The predicted molar refractivity (Wildman–Crippen MR) is 72.3 cm³/mol. The number of hydrogen-bond donors (Lipinski definition) is 2. The van der Waals surface area contributed by atoms with Gasteiger partial charge in [0.1, 0.15) is 6.21 Å². The molecule has 1 amide bonds. The monoisotopic (exact) mass is 290 g/mol. The molecule has 0 aliphatic heterocycles. The quantitative estimate of drug-likeness (QED) is 0.334. The molecule has 7 nitrogen and oxygen atoms in total. The number of aromatic nitrogens is 2. The Bertz CT molecular complexity index is 641. The third-order valence-corrected chi connectivity index (χ3v) is 2.81. The van der Waals surface area contributed by atoms with Gasteiger partial charge in [-0.3, -0.25) is 9.53 Å². The number of primary amides is 1. The van der Waals surface area contributed by atoms with E-state index in [0.717, 1.165) is 0 Å². The smallest absolute Gasteiger partial charge is 0.258 e.